The molecule has 1 aromatic heterocycles. The van der Waals surface area contributed by atoms with Crippen molar-refractivity contribution in [2.45, 2.75) is 50.8 Å². The minimum absolute atomic E-state index is 0.0502. The fourth-order valence-electron chi connectivity index (χ4n) is 5.84. The van der Waals surface area contributed by atoms with Crippen LogP contribution in [-0.2, 0) is 28.0 Å². The van der Waals surface area contributed by atoms with Crippen LogP contribution in [0.1, 0.15) is 41.6 Å². The zero-order chi connectivity index (χ0) is 25.6. The normalized spacial score (nSPS) is 21.9. The average Bonchev–Trinajstić information content (AvgIpc) is 3.59. The Morgan fingerprint density at radius 2 is 1.84 bits per heavy atom. The van der Waals surface area contributed by atoms with Crippen molar-refractivity contribution in [2.75, 3.05) is 19.9 Å². The molecular formula is C28H29N3O5S. The number of carbonyl (C=O) groups excluding carboxylic acids is 2. The largest absolute Gasteiger partial charge is 0.454 e. The maximum atomic E-state index is 13.4. The fourth-order valence-corrected chi connectivity index (χ4v) is 6.44. The summed E-state index contributed by atoms with van der Waals surface area (Å²) in [6, 6.07) is 15.7. The van der Waals surface area contributed by atoms with E-state index in [-0.39, 0.29) is 25.2 Å². The number of piperidine rings is 1. The van der Waals surface area contributed by atoms with Crippen LogP contribution in [0.5, 0.6) is 11.5 Å². The van der Waals surface area contributed by atoms with Crippen LogP contribution < -0.4 is 9.47 Å². The van der Waals surface area contributed by atoms with Gasteiger partial charge in [0.15, 0.2) is 11.5 Å². The smallest absolute Gasteiger partial charge is 0.411 e. The Bertz CT molecular complexity index is 1330. The number of likely N-dealkylation sites (tertiary alicyclic amines) is 1. The molecule has 0 aliphatic carbocycles. The van der Waals surface area contributed by atoms with Crippen LogP contribution in [-0.4, -0.2) is 52.3 Å². The third-order valence-electron chi connectivity index (χ3n) is 7.97. The van der Waals surface area contributed by atoms with Crippen molar-refractivity contribution in [3.63, 3.8) is 0 Å². The minimum Gasteiger partial charge on any atom is -0.454 e. The van der Waals surface area contributed by atoms with Gasteiger partial charge in [-0.05, 0) is 37.1 Å². The first-order chi connectivity index (χ1) is 17.9. The molecule has 2 amide bonds. The summed E-state index contributed by atoms with van der Waals surface area (Å²) in [5, 5.41) is 2.96. The molecule has 0 bridgehead atoms. The summed E-state index contributed by atoms with van der Waals surface area (Å²) in [4.78, 5) is 34.9. The molecule has 192 valence electrons. The fraction of sp³-hybridized carbons (Fsp3) is 0.393. The third kappa shape index (κ3) is 4.01. The van der Waals surface area contributed by atoms with Gasteiger partial charge in [0, 0.05) is 31.3 Å². The molecule has 1 atom stereocenters. The first-order valence-corrected chi connectivity index (χ1v) is 13.4. The lowest BCUT2D eigenvalue weighted by Crippen LogP contribution is -2.59. The number of aromatic nitrogens is 1. The first kappa shape index (κ1) is 23.8. The molecule has 2 aromatic carbocycles. The molecule has 2 fully saturated rings. The molecule has 2 saturated heterocycles. The summed E-state index contributed by atoms with van der Waals surface area (Å²) in [7, 11) is 0. The molecule has 8 nitrogen and oxygen atoms in total. The maximum absolute atomic E-state index is 13.4. The molecular weight excluding hydrogens is 490 g/mol. The highest BCUT2D eigenvalue weighted by Gasteiger charge is 2.63. The molecule has 4 heterocycles. The Balaban J connectivity index is 1.23. The van der Waals surface area contributed by atoms with E-state index < -0.39 is 11.1 Å². The molecule has 1 unspecified atom stereocenters. The van der Waals surface area contributed by atoms with Gasteiger partial charge in [0.2, 0.25) is 12.7 Å². The third-order valence-corrected chi connectivity index (χ3v) is 8.79. The Morgan fingerprint density at radius 3 is 2.57 bits per heavy atom. The van der Waals surface area contributed by atoms with E-state index in [0.717, 1.165) is 21.8 Å². The van der Waals surface area contributed by atoms with Gasteiger partial charge in [0.25, 0.3) is 0 Å². The van der Waals surface area contributed by atoms with Gasteiger partial charge in [0.05, 0.1) is 23.7 Å². The number of benzene rings is 2. The number of nitrogens with zero attached hydrogens (tertiary/aromatic N) is 3. The number of hydrogen-bond donors (Lipinski definition) is 0. The first-order valence-electron chi connectivity index (χ1n) is 12.5. The Hall–Kier alpha value is -3.59. The molecule has 3 aliphatic heterocycles. The van der Waals surface area contributed by atoms with E-state index in [1.54, 1.807) is 11.3 Å². The van der Waals surface area contributed by atoms with Crippen LogP contribution >= 0.6 is 11.3 Å². The number of carbonyl (C=O) groups is 2. The van der Waals surface area contributed by atoms with Crippen LogP contribution in [0.15, 0.2) is 53.9 Å². The van der Waals surface area contributed by atoms with Gasteiger partial charge in [-0.3, -0.25) is 9.69 Å². The summed E-state index contributed by atoms with van der Waals surface area (Å²) >= 11 is 1.57. The zero-order valence-electron chi connectivity index (χ0n) is 20.9. The highest BCUT2D eigenvalue weighted by atomic mass is 32.1. The Labute approximate surface area is 219 Å². The number of thiazole rings is 1. The number of hydrogen-bond acceptors (Lipinski definition) is 7. The Kier molecular flexibility index (Phi) is 5.82. The van der Waals surface area contributed by atoms with E-state index in [1.165, 1.54) is 0 Å². The molecule has 1 spiro atoms. The summed E-state index contributed by atoms with van der Waals surface area (Å²) in [6.07, 6.45) is 1.07. The van der Waals surface area contributed by atoms with Gasteiger partial charge in [-0.1, -0.05) is 36.4 Å². The monoisotopic (exact) mass is 519 g/mol. The van der Waals surface area contributed by atoms with Gasteiger partial charge < -0.3 is 19.1 Å². The van der Waals surface area contributed by atoms with Gasteiger partial charge in [-0.25, -0.2) is 9.78 Å². The predicted molar refractivity (Wildman–Crippen MR) is 137 cm³/mol. The predicted octanol–water partition coefficient (Wildman–Crippen LogP) is 4.65. The second kappa shape index (κ2) is 9.06. The summed E-state index contributed by atoms with van der Waals surface area (Å²) in [5.41, 5.74) is 1.32. The summed E-state index contributed by atoms with van der Waals surface area (Å²) in [5.74, 6) is 1.43. The van der Waals surface area contributed by atoms with Crippen molar-refractivity contribution in [1.82, 2.24) is 14.8 Å². The molecule has 9 heteroatoms. The standard InChI is InChI=1S/C28H29N3O5S/c1-19-29-22(17-37-19)16-31-26(33)36-28(27(31,2)21-6-4-3-5-7-21)10-12-30(13-11-28)25(32)15-20-8-9-23-24(14-20)35-18-34-23/h3-9,14,17H,10-13,15-16,18H2,1-2H3. The lowest BCUT2D eigenvalue weighted by Gasteiger charge is -2.48. The number of aryl methyl sites for hydroxylation is 1. The van der Waals surface area contributed by atoms with Crippen molar-refractivity contribution in [2.24, 2.45) is 0 Å². The van der Waals surface area contributed by atoms with Crippen LogP contribution in [0.2, 0.25) is 0 Å². The van der Waals surface area contributed by atoms with E-state index in [9.17, 15) is 9.59 Å². The SMILES string of the molecule is Cc1nc(CN2C(=O)OC3(CCN(C(=O)Cc4ccc5c(c4)OCO5)CC3)C2(C)c2ccccc2)cs1. The van der Waals surface area contributed by atoms with Crippen LogP contribution in [0.3, 0.4) is 0 Å². The van der Waals surface area contributed by atoms with Crippen molar-refractivity contribution >= 4 is 23.3 Å². The summed E-state index contributed by atoms with van der Waals surface area (Å²) in [6.45, 7) is 5.68. The molecule has 0 N–H and O–H groups in total. The lowest BCUT2D eigenvalue weighted by molar-refractivity contribution is -0.136. The van der Waals surface area contributed by atoms with Gasteiger partial charge in [-0.2, -0.15) is 0 Å². The van der Waals surface area contributed by atoms with E-state index >= 15 is 0 Å². The van der Waals surface area contributed by atoms with Crippen molar-refractivity contribution in [1.29, 1.82) is 0 Å². The van der Waals surface area contributed by atoms with E-state index in [1.807, 2.05) is 58.5 Å². The van der Waals surface area contributed by atoms with Crippen molar-refractivity contribution in [3.05, 3.63) is 75.7 Å². The second-order valence-electron chi connectivity index (χ2n) is 9.99. The topological polar surface area (TPSA) is 81.2 Å². The molecule has 6 rings (SSSR count). The Morgan fingerprint density at radius 1 is 1.08 bits per heavy atom. The number of rotatable bonds is 5. The molecule has 37 heavy (non-hydrogen) atoms. The van der Waals surface area contributed by atoms with Crippen LogP contribution in [0.25, 0.3) is 0 Å². The molecule has 3 aromatic rings. The average molecular weight is 520 g/mol. The highest BCUT2D eigenvalue weighted by molar-refractivity contribution is 7.09. The lowest BCUT2D eigenvalue weighted by atomic mass is 9.70. The van der Waals surface area contributed by atoms with E-state index in [2.05, 4.69) is 24.0 Å². The highest BCUT2D eigenvalue weighted by Crippen LogP contribution is 2.52. The van der Waals surface area contributed by atoms with Crippen molar-refractivity contribution < 1.29 is 23.8 Å². The van der Waals surface area contributed by atoms with E-state index in [4.69, 9.17) is 14.2 Å². The van der Waals surface area contributed by atoms with Gasteiger partial charge in [-0.15, -0.1) is 11.3 Å². The van der Waals surface area contributed by atoms with E-state index in [0.29, 0.717) is 44.0 Å². The molecule has 0 radical (unpaired) electrons. The molecule has 0 saturated carbocycles. The van der Waals surface area contributed by atoms with Gasteiger partial charge in [0.1, 0.15) is 11.1 Å². The second-order valence-corrected chi connectivity index (χ2v) is 11.1. The quantitative estimate of drug-likeness (QED) is 0.488. The maximum Gasteiger partial charge on any atom is 0.411 e. The van der Waals surface area contributed by atoms with Crippen LogP contribution in [0.4, 0.5) is 4.79 Å². The summed E-state index contributed by atoms with van der Waals surface area (Å²) < 4.78 is 17.1. The van der Waals surface area contributed by atoms with Crippen molar-refractivity contribution in [3.8, 4) is 11.5 Å². The number of amides is 2. The number of ether oxygens (including phenoxy) is 3. The molecule has 3 aliphatic rings. The van der Waals surface area contributed by atoms with Gasteiger partial charge >= 0.3 is 6.09 Å². The zero-order valence-corrected chi connectivity index (χ0v) is 21.8. The number of fused-ring (bicyclic) bond motifs is 1. The van der Waals surface area contributed by atoms with Crippen LogP contribution in [0, 0.1) is 6.92 Å². The minimum atomic E-state index is -0.744.